The van der Waals surface area contributed by atoms with Crippen LogP contribution in [0.2, 0.25) is 0 Å². The number of aliphatic imine (C=N–C) groups is 1. The first-order valence-corrected chi connectivity index (χ1v) is 11.3. The summed E-state index contributed by atoms with van der Waals surface area (Å²) in [6.45, 7) is 7.05. The zero-order valence-corrected chi connectivity index (χ0v) is 20.9. The van der Waals surface area contributed by atoms with E-state index in [0.717, 1.165) is 56.6 Å². The molecule has 0 amide bonds. The van der Waals surface area contributed by atoms with Crippen LogP contribution in [0.25, 0.3) is 0 Å². The molecule has 4 rings (SSSR count). The lowest BCUT2D eigenvalue weighted by atomic mass is 9.60. The number of halogens is 1. The maximum Gasteiger partial charge on any atom is 0.191 e. The summed E-state index contributed by atoms with van der Waals surface area (Å²) in [5, 5.41) is 12.0. The lowest BCUT2D eigenvalue weighted by Gasteiger charge is -2.54. The summed E-state index contributed by atoms with van der Waals surface area (Å²) in [6.07, 6.45) is 8.61. The van der Waals surface area contributed by atoms with Gasteiger partial charge in [0.05, 0.1) is 12.6 Å². The molecule has 1 aromatic heterocycles. The Hall–Kier alpha value is -0.940. The Balaban J connectivity index is 0.00000256. The Morgan fingerprint density at radius 3 is 2.77 bits per heavy atom. The number of nitrogens with zero attached hydrogens (tertiary/aromatic N) is 4. The van der Waals surface area contributed by atoms with Crippen LogP contribution in [0.3, 0.4) is 0 Å². The number of hydrogen-bond donors (Lipinski definition) is 2. The van der Waals surface area contributed by atoms with Crippen molar-refractivity contribution in [3.05, 3.63) is 11.6 Å². The van der Waals surface area contributed by atoms with Crippen LogP contribution in [-0.4, -0.2) is 59.2 Å². The van der Waals surface area contributed by atoms with Crippen LogP contribution in [0.1, 0.15) is 64.0 Å². The third kappa shape index (κ3) is 4.77. The van der Waals surface area contributed by atoms with Gasteiger partial charge in [-0.25, -0.2) is 9.67 Å². The number of nitrogens with one attached hydrogen (secondary N) is 2. The second kappa shape index (κ2) is 10.6. The van der Waals surface area contributed by atoms with Gasteiger partial charge in [0.15, 0.2) is 11.8 Å². The lowest BCUT2D eigenvalue weighted by molar-refractivity contribution is -0.125. The molecule has 2 aliphatic carbocycles. The maximum atomic E-state index is 6.07. The minimum atomic E-state index is 0. The smallest absolute Gasteiger partial charge is 0.191 e. The number of aryl methyl sites for hydroxylation is 1. The van der Waals surface area contributed by atoms with Gasteiger partial charge >= 0.3 is 0 Å². The van der Waals surface area contributed by atoms with Crippen LogP contribution in [0.4, 0.5) is 0 Å². The third-order valence-corrected chi connectivity index (χ3v) is 6.83. The highest BCUT2D eigenvalue weighted by molar-refractivity contribution is 14.0. The van der Waals surface area contributed by atoms with E-state index in [4.69, 9.17) is 14.5 Å². The summed E-state index contributed by atoms with van der Waals surface area (Å²) in [4.78, 5) is 9.32. The van der Waals surface area contributed by atoms with E-state index in [1.165, 1.54) is 25.7 Å². The van der Waals surface area contributed by atoms with Gasteiger partial charge in [-0.2, -0.15) is 5.10 Å². The van der Waals surface area contributed by atoms with Gasteiger partial charge in [-0.05, 0) is 39.5 Å². The van der Waals surface area contributed by atoms with Gasteiger partial charge in [0.2, 0.25) is 0 Å². The van der Waals surface area contributed by atoms with E-state index in [-0.39, 0.29) is 24.0 Å². The molecule has 0 saturated heterocycles. The molecule has 3 atom stereocenters. The normalized spacial score (nSPS) is 27.3. The van der Waals surface area contributed by atoms with E-state index in [9.17, 15) is 0 Å². The highest BCUT2D eigenvalue weighted by atomic mass is 127. The number of hydrogen-bond acceptors (Lipinski definition) is 5. The van der Waals surface area contributed by atoms with Gasteiger partial charge in [-0.15, -0.1) is 24.0 Å². The fourth-order valence-electron chi connectivity index (χ4n) is 5.41. The summed E-state index contributed by atoms with van der Waals surface area (Å²) >= 11 is 0. The van der Waals surface area contributed by atoms with E-state index in [1.54, 1.807) is 7.11 Å². The predicted octanol–water partition coefficient (Wildman–Crippen LogP) is 2.65. The average molecular weight is 532 g/mol. The van der Waals surface area contributed by atoms with Crippen LogP contribution in [0.5, 0.6) is 0 Å². The Morgan fingerprint density at radius 2 is 2.07 bits per heavy atom. The largest absolute Gasteiger partial charge is 0.378 e. The van der Waals surface area contributed by atoms with Gasteiger partial charge in [0.25, 0.3) is 0 Å². The number of methoxy groups -OCH3 is 1. The van der Waals surface area contributed by atoms with Crippen molar-refractivity contribution >= 4 is 29.9 Å². The summed E-state index contributed by atoms with van der Waals surface area (Å²) in [5.74, 6) is 2.76. The van der Waals surface area contributed by atoms with E-state index < -0.39 is 0 Å². The van der Waals surface area contributed by atoms with Crippen LogP contribution in [-0.2, 0) is 29.0 Å². The Kier molecular flexibility index (Phi) is 8.37. The monoisotopic (exact) mass is 532 g/mol. The molecule has 170 valence electrons. The quantitative estimate of drug-likeness (QED) is 0.319. The van der Waals surface area contributed by atoms with Crippen molar-refractivity contribution < 1.29 is 9.47 Å². The Morgan fingerprint density at radius 1 is 1.27 bits per heavy atom. The van der Waals surface area contributed by atoms with E-state index >= 15 is 0 Å². The minimum Gasteiger partial charge on any atom is -0.378 e. The lowest BCUT2D eigenvalue weighted by Crippen LogP contribution is -2.65. The highest BCUT2D eigenvalue weighted by Gasteiger charge is 2.57. The SMILES string of the molecule is CCN=C(NC1CCc2nc(COC)nn2C1)NC1CC(OCC)C12CCCC2.I. The van der Waals surface area contributed by atoms with Crippen LogP contribution < -0.4 is 10.6 Å². The van der Waals surface area contributed by atoms with Crippen molar-refractivity contribution in [3.8, 4) is 0 Å². The van der Waals surface area contributed by atoms with Crippen molar-refractivity contribution in [2.75, 3.05) is 20.3 Å². The van der Waals surface area contributed by atoms with Gasteiger partial charge < -0.3 is 20.1 Å². The standard InChI is InChI=1S/C21H36N6O2.HI/c1-4-22-20(24-16-12-17(29-5-2)21(16)10-6-7-11-21)23-15-8-9-19-25-18(14-28-3)26-27(19)13-15;/h15-17H,4-14H2,1-3H3,(H2,22,23,24);1H. The molecule has 3 aliphatic rings. The molecule has 3 unspecified atom stereocenters. The molecule has 0 aromatic carbocycles. The van der Waals surface area contributed by atoms with Crippen molar-refractivity contribution in [2.24, 2.45) is 10.4 Å². The Bertz CT molecular complexity index is 718. The zero-order chi connectivity index (χ0) is 20.3. The van der Waals surface area contributed by atoms with Crippen LogP contribution >= 0.6 is 24.0 Å². The Labute approximate surface area is 197 Å². The zero-order valence-electron chi connectivity index (χ0n) is 18.5. The first kappa shape index (κ1) is 23.7. The van der Waals surface area contributed by atoms with Gasteiger partial charge in [-0.1, -0.05) is 12.8 Å². The van der Waals surface area contributed by atoms with Crippen LogP contribution in [0.15, 0.2) is 4.99 Å². The molecular weight excluding hydrogens is 495 g/mol. The summed E-state index contributed by atoms with van der Waals surface area (Å²) in [6, 6.07) is 0.762. The topological polar surface area (TPSA) is 85.6 Å². The predicted molar refractivity (Wildman–Crippen MR) is 127 cm³/mol. The molecule has 1 aromatic rings. The molecular formula is C21H37IN6O2. The molecule has 0 bridgehead atoms. The molecule has 30 heavy (non-hydrogen) atoms. The van der Waals surface area contributed by atoms with Crippen molar-refractivity contribution in [3.63, 3.8) is 0 Å². The summed E-state index contributed by atoms with van der Waals surface area (Å²) in [5.41, 5.74) is 0.299. The first-order chi connectivity index (χ1) is 14.2. The number of ether oxygens (including phenoxy) is 2. The van der Waals surface area contributed by atoms with Crippen molar-refractivity contribution in [1.82, 2.24) is 25.4 Å². The fourth-order valence-corrected chi connectivity index (χ4v) is 5.41. The second-order valence-electron chi connectivity index (χ2n) is 8.58. The summed E-state index contributed by atoms with van der Waals surface area (Å²) in [7, 11) is 1.68. The molecule has 2 heterocycles. The first-order valence-electron chi connectivity index (χ1n) is 11.3. The third-order valence-electron chi connectivity index (χ3n) is 6.83. The molecule has 8 nitrogen and oxygen atoms in total. The van der Waals surface area contributed by atoms with E-state index in [1.807, 2.05) is 4.68 Å². The van der Waals surface area contributed by atoms with E-state index in [2.05, 4.69) is 34.6 Å². The fraction of sp³-hybridized carbons (Fsp3) is 0.857. The molecule has 9 heteroatoms. The molecule has 2 N–H and O–H groups in total. The number of fused-ring (bicyclic) bond motifs is 1. The van der Waals surface area contributed by atoms with Crippen molar-refractivity contribution in [1.29, 1.82) is 0 Å². The molecule has 1 spiro atoms. The van der Waals surface area contributed by atoms with E-state index in [0.29, 0.717) is 30.2 Å². The van der Waals surface area contributed by atoms with Gasteiger partial charge in [0, 0.05) is 44.2 Å². The average Bonchev–Trinajstić information content (AvgIpc) is 3.36. The molecule has 1 aliphatic heterocycles. The maximum absolute atomic E-state index is 6.07. The molecule has 0 radical (unpaired) electrons. The summed E-state index contributed by atoms with van der Waals surface area (Å²) < 4.78 is 13.3. The molecule has 2 saturated carbocycles. The number of rotatable bonds is 7. The number of guanidine groups is 1. The van der Waals surface area contributed by atoms with Gasteiger partial charge in [0.1, 0.15) is 12.4 Å². The number of aromatic nitrogens is 3. The highest BCUT2D eigenvalue weighted by Crippen LogP contribution is 2.54. The van der Waals surface area contributed by atoms with Gasteiger partial charge in [-0.3, -0.25) is 4.99 Å². The minimum absolute atomic E-state index is 0. The van der Waals surface area contributed by atoms with Crippen molar-refractivity contribution in [2.45, 2.75) is 90.1 Å². The second-order valence-corrected chi connectivity index (χ2v) is 8.58. The molecule has 2 fully saturated rings. The van der Waals surface area contributed by atoms with Crippen LogP contribution in [0, 0.1) is 5.41 Å².